The molecule has 2 rings (SSSR count). The van der Waals surface area contributed by atoms with Gasteiger partial charge >= 0.3 is 12.1 Å². The Kier molecular flexibility index (Phi) is 11.1. The van der Waals surface area contributed by atoms with Crippen LogP contribution in [-0.4, -0.2) is 38.4 Å². The Labute approximate surface area is 201 Å². The number of carbonyl (C=O) groups is 1. The van der Waals surface area contributed by atoms with Crippen molar-refractivity contribution in [1.82, 2.24) is 4.31 Å². The van der Waals surface area contributed by atoms with E-state index >= 15 is 0 Å². The van der Waals surface area contributed by atoms with Crippen molar-refractivity contribution < 1.29 is 31.1 Å². The van der Waals surface area contributed by atoms with Crippen molar-refractivity contribution in [3.05, 3.63) is 35.4 Å². The molecule has 0 aliphatic carbocycles. The van der Waals surface area contributed by atoms with E-state index in [1.807, 2.05) is 0 Å². The SMILES string of the molecule is CCCCCCCCCCCCN1CC(=CC(=O)OCC)c2cc(C(F)(F)F)ccc2S1(=O)=O. The first kappa shape index (κ1) is 28.4. The summed E-state index contributed by atoms with van der Waals surface area (Å²) in [5.41, 5.74) is -0.844. The molecule has 0 N–H and O–H groups in total. The molecule has 0 atom stereocenters. The van der Waals surface area contributed by atoms with Gasteiger partial charge in [0.2, 0.25) is 10.0 Å². The van der Waals surface area contributed by atoms with Gasteiger partial charge in [-0.1, -0.05) is 64.7 Å². The quantitative estimate of drug-likeness (QED) is 0.173. The molecule has 1 aromatic rings. The molecule has 1 aliphatic rings. The zero-order valence-electron chi connectivity index (χ0n) is 20.1. The molecule has 34 heavy (non-hydrogen) atoms. The van der Waals surface area contributed by atoms with Crippen molar-refractivity contribution in [3.63, 3.8) is 0 Å². The third kappa shape index (κ3) is 8.12. The fourth-order valence-electron chi connectivity index (χ4n) is 4.11. The number of fused-ring (bicyclic) bond motifs is 1. The van der Waals surface area contributed by atoms with Gasteiger partial charge in [0.05, 0.1) is 17.1 Å². The van der Waals surface area contributed by atoms with Crippen LogP contribution in [0.25, 0.3) is 5.57 Å². The molecule has 0 amide bonds. The molecule has 9 heteroatoms. The first-order valence-electron chi connectivity index (χ1n) is 12.2. The van der Waals surface area contributed by atoms with Crippen LogP contribution in [0.1, 0.15) is 89.2 Å². The third-order valence-corrected chi connectivity index (χ3v) is 7.86. The minimum atomic E-state index is -4.62. The molecule has 1 aliphatic heterocycles. The molecule has 0 radical (unpaired) electrons. The van der Waals surface area contributed by atoms with Crippen LogP contribution in [0.4, 0.5) is 13.2 Å². The largest absolute Gasteiger partial charge is 0.463 e. The number of rotatable bonds is 13. The number of alkyl halides is 3. The maximum Gasteiger partial charge on any atom is 0.416 e. The van der Waals surface area contributed by atoms with Crippen LogP contribution in [0.2, 0.25) is 0 Å². The van der Waals surface area contributed by atoms with E-state index in [9.17, 15) is 26.4 Å². The van der Waals surface area contributed by atoms with Crippen LogP contribution in [0.15, 0.2) is 29.2 Å². The summed E-state index contributed by atoms with van der Waals surface area (Å²) in [6.45, 7) is 4.01. The first-order valence-corrected chi connectivity index (χ1v) is 13.6. The highest BCUT2D eigenvalue weighted by Crippen LogP contribution is 2.38. The number of sulfonamides is 1. The predicted octanol–water partition coefficient (Wildman–Crippen LogP) is 6.58. The molecular formula is C25H36F3NO4S. The lowest BCUT2D eigenvalue weighted by Crippen LogP contribution is -2.38. The summed E-state index contributed by atoms with van der Waals surface area (Å²) in [5, 5.41) is 0. The van der Waals surface area contributed by atoms with Gasteiger partial charge in [0.25, 0.3) is 0 Å². The minimum Gasteiger partial charge on any atom is -0.463 e. The molecule has 0 spiro atoms. The van der Waals surface area contributed by atoms with Crippen molar-refractivity contribution in [2.24, 2.45) is 0 Å². The van der Waals surface area contributed by atoms with Crippen molar-refractivity contribution >= 4 is 21.6 Å². The molecule has 0 aromatic heterocycles. The number of hydrogen-bond donors (Lipinski definition) is 0. The Morgan fingerprint density at radius 2 is 1.59 bits per heavy atom. The molecule has 0 bridgehead atoms. The minimum absolute atomic E-state index is 0.0952. The monoisotopic (exact) mass is 503 g/mol. The molecular weight excluding hydrogens is 467 g/mol. The number of nitrogens with zero attached hydrogens (tertiary/aromatic N) is 1. The molecule has 192 valence electrons. The van der Waals surface area contributed by atoms with Gasteiger partial charge in [-0.3, -0.25) is 0 Å². The Balaban J connectivity index is 2.07. The van der Waals surface area contributed by atoms with Crippen LogP contribution in [-0.2, 0) is 25.7 Å². The summed E-state index contributed by atoms with van der Waals surface area (Å²) in [6.07, 6.45) is 7.55. The standard InChI is InChI=1S/C25H36F3NO4S/c1-3-5-6-7-8-9-10-11-12-13-16-29-19-20(17-24(30)33-4-2)22-18-21(25(26,27)28)14-15-23(22)34(29,31)32/h14-15,17-18H,3-13,16,19H2,1-2H3. The summed E-state index contributed by atoms with van der Waals surface area (Å²) in [4.78, 5) is 11.8. The van der Waals surface area contributed by atoms with Crippen LogP contribution in [0.3, 0.4) is 0 Å². The second kappa shape index (κ2) is 13.3. The zero-order valence-corrected chi connectivity index (χ0v) is 20.9. The summed E-state index contributed by atoms with van der Waals surface area (Å²) in [7, 11) is -3.96. The highest BCUT2D eigenvalue weighted by Gasteiger charge is 2.37. The Hall–Kier alpha value is -1.87. The van der Waals surface area contributed by atoms with Gasteiger partial charge in [-0.05, 0) is 42.7 Å². The number of esters is 1. The summed E-state index contributed by atoms with van der Waals surface area (Å²) < 4.78 is 72.1. The lowest BCUT2D eigenvalue weighted by Gasteiger charge is -2.30. The lowest BCUT2D eigenvalue weighted by atomic mass is 10.0. The lowest BCUT2D eigenvalue weighted by molar-refractivity contribution is -0.138. The number of halogens is 3. The molecule has 0 saturated carbocycles. The van der Waals surface area contributed by atoms with E-state index in [1.54, 1.807) is 6.92 Å². The van der Waals surface area contributed by atoms with Gasteiger partial charge in [0.15, 0.2) is 0 Å². The Morgan fingerprint density at radius 1 is 1.00 bits per heavy atom. The van der Waals surface area contributed by atoms with Gasteiger partial charge in [0, 0.05) is 19.2 Å². The molecule has 0 saturated heterocycles. The van der Waals surface area contributed by atoms with Crippen molar-refractivity contribution in [2.75, 3.05) is 19.7 Å². The molecule has 5 nitrogen and oxygen atoms in total. The van der Waals surface area contributed by atoms with E-state index in [4.69, 9.17) is 4.74 Å². The maximum absolute atomic E-state index is 13.2. The summed E-state index contributed by atoms with van der Waals surface area (Å²) in [6, 6.07) is 2.55. The molecule has 1 heterocycles. The van der Waals surface area contributed by atoms with Gasteiger partial charge < -0.3 is 4.74 Å². The van der Waals surface area contributed by atoms with E-state index in [1.165, 1.54) is 42.8 Å². The average Bonchev–Trinajstić information content (AvgIpc) is 2.77. The number of carbonyl (C=O) groups excluding carboxylic acids is 1. The average molecular weight is 504 g/mol. The first-order chi connectivity index (χ1) is 16.1. The van der Waals surface area contributed by atoms with Crippen molar-refractivity contribution in [3.8, 4) is 0 Å². The topological polar surface area (TPSA) is 63.7 Å². The second-order valence-corrected chi connectivity index (χ2v) is 10.6. The fourth-order valence-corrected chi connectivity index (χ4v) is 5.77. The summed E-state index contributed by atoms with van der Waals surface area (Å²) >= 11 is 0. The van der Waals surface area contributed by atoms with Crippen molar-refractivity contribution in [1.29, 1.82) is 0 Å². The summed E-state index contributed by atoms with van der Waals surface area (Å²) in [5.74, 6) is -0.709. The molecule has 1 aromatic carbocycles. The molecule has 0 fully saturated rings. The highest BCUT2D eigenvalue weighted by molar-refractivity contribution is 7.89. The molecule has 0 unspecified atom stereocenters. The number of unbranched alkanes of at least 4 members (excludes halogenated alkanes) is 9. The number of ether oxygens (including phenoxy) is 1. The van der Waals surface area contributed by atoms with Gasteiger partial charge in [-0.2, -0.15) is 17.5 Å². The zero-order chi connectivity index (χ0) is 25.2. The maximum atomic E-state index is 13.2. The van der Waals surface area contributed by atoms with Crippen LogP contribution in [0.5, 0.6) is 0 Å². The number of benzene rings is 1. The van der Waals surface area contributed by atoms with E-state index in [-0.39, 0.29) is 35.7 Å². The van der Waals surface area contributed by atoms with E-state index in [0.717, 1.165) is 43.5 Å². The Morgan fingerprint density at radius 3 is 2.15 bits per heavy atom. The van der Waals surface area contributed by atoms with Gasteiger partial charge in [-0.25, -0.2) is 13.2 Å². The van der Waals surface area contributed by atoms with Crippen LogP contribution < -0.4 is 0 Å². The van der Waals surface area contributed by atoms with E-state index < -0.39 is 27.7 Å². The van der Waals surface area contributed by atoms with Gasteiger partial charge in [0.1, 0.15) is 0 Å². The smallest absolute Gasteiger partial charge is 0.416 e. The number of hydrogen-bond acceptors (Lipinski definition) is 4. The second-order valence-electron chi connectivity index (χ2n) is 8.65. The highest BCUT2D eigenvalue weighted by atomic mass is 32.2. The van der Waals surface area contributed by atoms with Gasteiger partial charge in [-0.15, -0.1) is 0 Å². The predicted molar refractivity (Wildman–Crippen MR) is 127 cm³/mol. The van der Waals surface area contributed by atoms with E-state index in [2.05, 4.69) is 6.92 Å². The van der Waals surface area contributed by atoms with Crippen molar-refractivity contribution in [2.45, 2.75) is 89.1 Å². The fraction of sp³-hybridized carbons (Fsp3) is 0.640. The van der Waals surface area contributed by atoms with E-state index in [0.29, 0.717) is 6.42 Å². The normalized spacial score (nSPS) is 17.0. The third-order valence-electron chi connectivity index (χ3n) is 5.96. The Bertz CT molecular complexity index is 942. The van der Waals surface area contributed by atoms with Crippen LogP contribution >= 0.6 is 0 Å². The van der Waals surface area contributed by atoms with Crippen LogP contribution in [0, 0.1) is 0 Å².